The van der Waals surface area contributed by atoms with Crippen LogP contribution in [0.1, 0.15) is 57.6 Å². The summed E-state index contributed by atoms with van der Waals surface area (Å²) in [6.07, 6.45) is 4.82. The summed E-state index contributed by atoms with van der Waals surface area (Å²) in [4.78, 5) is 32.2. The number of fused-ring (bicyclic) bond motifs is 1. The molecule has 1 aromatic rings. The predicted octanol–water partition coefficient (Wildman–Crippen LogP) is 4.49. The van der Waals surface area contributed by atoms with Gasteiger partial charge in [-0.25, -0.2) is 9.79 Å². The highest BCUT2D eigenvalue weighted by Gasteiger charge is 2.42. The minimum atomic E-state index is -0.657. The van der Waals surface area contributed by atoms with E-state index in [0.717, 1.165) is 18.4 Å². The molecule has 2 aliphatic heterocycles. The molecule has 0 bridgehead atoms. The minimum absolute atomic E-state index is 0.0765. The van der Waals surface area contributed by atoms with Crippen LogP contribution in [-0.2, 0) is 19.1 Å². The third-order valence-corrected chi connectivity index (χ3v) is 6.66. The minimum Gasteiger partial charge on any atom is -0.493 e. The van der Waals surface area contributed by atoms with Gasteiger partial charge in [0.15, 0.2) is 16.7 Å². The molecule has 1 amide bonds. The Bertz CT molecular complexity index is 945. The molecule has 2 heterocycles. The van der Waals surface area contributed by atoms with Crippen LogP contribution in [0.25, 0.3) is 0 Å². The smallest absolute Gasteiger partial charge is 0.338 e. The van der Waals surface area contributed by atoms with E-state index in [4.69, 9.17) is 18.9 Å². The van der Waals surface area contributed by atoms with E-state index in [-0.39, 0.29) is 19.1 Å². The van der Waals surface area contributed by atoms with Crippen molar-refractivity contribution < 1.29 is 28.5 Å². The van der Waals surface area contributed by atoms with Crippen LogP contribution in [0.2, 0.25) is 0 Å². The lowest BCUT2D eigenvalue weighted by atomic mass is 9.94. The molecule has 0 spiro atoms. The second kappa shape index (κ2) is 12.8. The molecular weight excluding hydrogens is 456 g/mol. The van der Waals surface area contributed by atoms with E-state index >= 15 is 0 Å². The fourth-order valence-corrected chi connectivity index (χ4v) is 4.96. The second-order valence-electron chi connectivity index (χ2n) is 8.11. The van der Waals surface area contributed by atoms with Gasteiger partial charge in [-0.3, -0.25) is 9.69 Å². The number of thioether (sulfide) groups is 1. The Morgan fingerprint density at radius 3 is 2.71 bits per heavy atom. The summed E-state index contributed by atoms with van der Waals surface area (Å²) < 4.78 is 22.0. The molecule has 3 rings (SSSR count). The molecule has 34 heavy (non-hydrogen) atoms. The number of hydrogen-bond acceptors (Lipinski definition) is 8. The molecular formula is C25H34N2O6S. The zero-order chi connectivity index (χ0) is 24.5. The van der Waals surface area contributed by atoms with Gasteiger partial charge in [-0.1, -0.05) is 44.0 Å². The summed E-state index contributed by atoms with van der Waals surface area (Å²) in [7, 11) is 3.13. The van der Waals surface area contributed by atoms with Crippen molar-refractivity contribution in [3.05, 3.63) is 35.0 Å². The molecule has 0 saturated carbocycles. The Kier molecular flexibility index (Phi) is 9.83. The number of methoxy groups -OCH3 is 2. The van der Waals surface area contributed by atoms with Gasteiger partial charge >= 0.3 is 5.97 Å². The first-order chi connectivity index (χ1) is 16.5. The molecule has 8 nitrogen and oxygen atoms in total. The van der Waals surface area contributed by atoms with Gasteiger partial charge in [0.25, 0.3) is 0 Å². The number of allylic oxidation sites excluding steroid dienone is 1. The lowest BCUT2D eigenvalue weighted by Gasteiger charge is -2.39. The number of ether oxygens (including phenoxy) is 4. The highest BCUT2D eigenvalue weighted by Crippen LogP contribution is 2.42. The molecule has 1 unspecified atom stereocenters. The molecule has 0 aromatic heterocycles. The molecule has 1 aromatic carbocycles. The maximum Gasteiger partial charge on any atom is 0.338 e. The molecule has 0 N–H and O–H groups in total. The lowest BCUT2D eigenvalue weighted by molar-refractivity contribution is -0.141. The van der Waals surface area contributed by atoms with E-state index in [1.807, 2.05) is 18.2 Å². The van der Waals surface area contributed by atoms with Crippen molar-refractivity contribution in [1.82, 2.24) is 4.90 Å². The van der Waals surface area contributed by atoms with Crippen LogP contribution in [0.15, 0.2) is 34.5 Å². The Hall–Kier alpha value is -2.52. The van der Waals surface area contributed by atoms with Gasteiger partial charge in [0.1, 0.15) is 6.61 Å². The Morgan fingerprint density at radius 2 is 1.97 bits per heavy atom. The van der Waals surface area contributed by atoms with Gasteiger partial charge in [0.2, 0.25) is 5.91 Å². The predicted molar refractivity (Wildman–Crippen MR) is 132 cm³/mol. The number of rotatable bonds is 12. The normalized spacial score (nSPS) is 17.9. The molecule has 1 saturated heterocycles. The summed E-state index contributed by atoms with van der Waals surface area (Å²) in [5.74, 6) is 1.26. The number of amides is 1. The third-order valence-electron chi connectivity index (χ3n) is 5.71. The number of hydrogen-bond donors (Lipinski definition) is 0. The Labute approximate surface area is 205 Å². The van der Waals surface area contributed by atoms with Crippen LogP contribution < -0.4 is 9.47 Å². The lowest BCUT2D eigenvalue weighted by Crippen LogP contribution is -2.45. The average Bonchev–Trinajstić information content (AvgIpc) is 2.83. The Morgan fingerprint density at radius 1 is 1.15 bits per heavy atom. The molecule has 1 atom stereocenters. The first-order valence-electron chi connectivity index (χ1n) is 11.7. The van der Waals surface area contributed by atoms with E-state index in [9.17, 15) is 9.59 Å². The zero-order valence-corrected chi connectivity index (χ0v) is 21.2. The van der Waals surface area contributed by atoms with Crippen LogP contribution in [0.4, 0.5) is 0 Å². The quantitative estimate of drug-likeness (QED) is 0.315. The molecule has 0 aliphatic carbocycles. The number of unbranched alkanes of at least 4 members (excludes halogenated alkanes) is 3. The highest BCUT2D eigenvalue weighted by molar-refractivity contribution is 8.14. The molecule has 0 radical (unpaired) electrons. The van der Waals surface area contributed by atoms with Crippen molar-refractivity contribution in [2.75, 3.05) is 39.8 Å². The molecule has 186 valence electrons. The van der Waals surface area contributed by atoms with E-state index in [2.05, 4.69) is 11.9 Å². The standard InChI is InChI=1S/C25H34N2O6S/c1-5-6-7-8-12-32-19-10-9-18(16-20(19)31-4)23-22(24(29)33-14-13-30-3)17(2)26-25-27(23)21(28)11-15-34-25/h9-10,16,23H,5-8,11-15H2,1-4H3. The molecule has 1 fully saturated rings. The zero-order valence-electron chi connectivity index (χ0n) is 20.4. The van der Waals surface area contributed by atoms with Crippen molar-refractivity contribution in [2.45, 2.75) is 52.0 Å². The SMILES string of the molecule is CCCCCCOc1ccc(C2C(C(=O)OCCOC)=C(C)N=C3SCCC(=O)N32)cc1OC. The van der Waals surface area contributed by atoms with Gasteiger partial charge < -0.3 is 18.9 Å². The summed E-state index contributed by atoms with van der Waals surface area (Å²) in [6, 6.07) is 4.89. The van der Waals surface area contributed by atoms with E-state index in [0.29, 0.717) is 46.7 Å². The van der Waals surface area contributed by atoms with Gasteiger partial charge in [-0.2, -0.15) is 0 Å². The number of benzene rings is 1. The topological polar surface area (TPSA) is 86.7 Å². The van der Waals surface area contributed by atoms with E-state index < -0.39 is 12.0 Å². The van der Waals surface area contributed by atoms with Crippen molar-refractivity contribution in [3.8, 4) is 11.5 Å². The summed E-state index contributed by atoms with van der Waals surface area (Å²) in [5.41, 5.74) is 1.61. The summed E-state index contributed by atoms with van der Waals surface area (Å²) in [6.45, 7) is 4.95. The van der Waals surface area contributed by atoms with Crippen LogP contribution in [0, 0.1) is 0 Å². The number of carbonyl (C=O) groups is 2. The van der Waals surface area contributed by atoms with Crippen molar-refractivity contribution in [1.29, 1.82) is 0 Å². The number of carbonyl (C=O) groups excluding carboxylic acids is 2. The highest BCUT2D eigenvalue weighted by atomic mass is 32.2. The fourth-order valence-electron chi connectivity index (χ4n) is 3.95. The van der Waals surface area contributed by atoms with Crippen molar-refractivity contribution >= 4 is 28.8 Å². The number of nitrogens with zero attached hydrogens (tertiary/aromatic N) is 2. The molecule has 2 aliphatic rings. The first kappa shape index (κ1) is 26.1. The summed E-state index contributed by atoms with van der Waals surface area (Å²) >= 11 is 1.51. The van der Waals surface area contributed by atoms with Crippen LogP contribution in [0.5, 0.6) is 11.5 Å². The van der Waals surface area contributed by atoms with Gasteiger partial charge in [-0.05, 0) is 31.0 Å². The van der Waals surface area contributed by atoms with Crippen molar-refractivity contribution in [2.24, 2.45) is 4.99 Å². The number of amidine groups is 1. The second-order valence-corrected chi connectivity index (χ2v) is 9.17. The van der Waals surface area contributed by atoms with Crippen LogP contribution in [0.3, 0.4) is 0 Å². The Balaban J connectivity index is 1.93. The van der Waals surface area contributed by atoms with Gasteiger partial charge in [0.05, 0.1) is 37.6 Å². The first-order valence-corrected chi connectivity index (χ1v) is 12.7. The summed E-state index contributed by atoms with van der Waals surface area (Å²) in [5, 5.41) is 0.599. The molecule has 9 heteroatoms. The van der Waals surface area contributed by atoms with Gasteiger partial charge in [0, 0.05) is 19.3 Å². The van der Waals surface area contributed by atoms with E-state index in [1.54, 1.807) is 26.0 Å². The maximum atomic E-state index is 13.1. The average molecular weight is 491 g/mol. The van der Waals surface area contributed by atoms with E-state index in [1.165, 1.54) is 24.6 Å². The number of aliphatic imine (C=N–C) groups is 1. The van der Waals surface area contributed by atoms with Crippen LogP contribution >= 0.6 is 11.8 Å². The monoisotopic (exact) mass is 490 g/mol. The number of esters is 1. The van der Waals surface area contributed by atoms with Gasteiger partial charge in [-0.15, -0.1) is 0 Å². The third kappa shape index (κ3) is 6.13. The largest absolute Gasteiger partial charge is 0.493 e. The van der Waals surface area contributed by atoms with Crippen molar-refractivity contribution in [3.63, 3.8) is 0 Å². The van der Waals surface area contributed by atoms with Crippen LogP contribution in [-0.4, -0.2) is 61.7 Å². The maximum absolute atomic E-state index is 13.1. The fraction of sp³-hybridized carbons (Fsp3) is 0.560.